The zero-order chi connectivity index (χ0) is 20.0. The molecule has 0 aliphatic heterocycles. The number of halogens is 1. The molecule has 0 saturated carbocycles. The Morgan fingerprint density at radius 2 is 1.52 bits per heavy atom. The lowest BCUT2D eigenvalue weighted by Crippen LogP contribution is -2.29. The zero-order valence-electron chi connectivity index (χ0n) is 14.0. The number of aliphatic hydroxyl groups excluding tert-OH is 2. The van der Waals surface area contributed by atoms with Crippen LogP contribution in [-0.2, 0) is 0 Å². The van der Waals surface area contributed by atoms with Crippen LogP contribution in [0.25, 0.3) is 0 Å². The van der Waals surface area contributed by atoms with Crippen molar-refractivity contribution < 1.29 is 20.1 Å². The number of anilines is 3. The quantitative estimate of drug-likeness (QED) is 0.433. The van der Waals surface area contributed by atoms with E-state index in [1.165, 1.54) is 0 Å². The van der Waals surface area contributed by atoms with E-state index in [1.807, 2.05) is 0 Å². The maximum Gasteiger partial charge on any atom is 0.299 e. The molecule has 0 saturated heterocycles. The van der Waals surface area contributed by atoms with Crippen LogP contribution in [0.15, 0.2) is 36.4 Å². The maximum absolute atomic E-state index is 11.2. The predicted octanol–water partition coefficient (Wildman–Crippen LogP) is 2.69. The summed E-state index contributed by atoms with van der Waals surface area (Å²) in [5.74, 6) is 0. The molecule has 144 valence electrons. The van der Waals surface area contributed by atoms with E-state index in [-0.39, 0.29) is 23.9 Å². The van der Waals surface area contributed by atoms with Crippen molar-refractivity contribution in [1.82, 2.24) is 0 Å². The average molecular weight is 397 g/mol. The van der Waals surface area contributed by atoms with Gasteiger partial charge in [0.2, 0.25) is 0 Å². The van der Waals surface area contributed by atoms with E-state index in [9.17, 15) is 20.2 Å². The molecule has 2 aromatic carbocycles. The van der Waals surface area contributed by atoms with Crippen LogP contribution < -0.4 is 10.2 Å². The molecule has 0 fully saturated rings. The van der Waals surface area contributed by atoms with Gasteiger partial charge >= 0.3 is 0 Å². The smallest absolute Gasteiger partial charge is 0.299 e. The highest BCUT2D eigenvalue weighted by atomic mass is 35.5. The molecule has 0 aliphatic rings. The fraction of sp³-hybridized carbons (Fsp3) is 0.250. The lowest BCUT2D eigenvalue weighted by molar-refractivity contribution is -0.393. The fourth-order valence-corrected chi connectivity index (χ4v) is 2.70. The first kappa shape index (κ1) is 20.4. The van der Waals surface area contributed by atoms with Crippen molar-refractivity contribution in [2.45, 2.75) is 0 Å². The van der Waals surface area contributed by atoms with Crippen LogP contribution in [0.1, 0.15) is 0 Å². The molecule has 0 spiro atoms. The molecule has 0 aromatic heterocycles. The number of benzene rings is 2. The summed E-state index contributed by atoms with van der Waals surface area (Å²) in [4.78, 5) is 22.4. The summed E-state index contributed by atoms with van der Waals surface area (Å²) in [6, 6.07) is 8.67. The normalized spacial score (nSPS) is 10.5. The van der Waals surface area contributed by atoms with Crippen molar-refractivity contribution in [3.8, 4) is 0 Å². The Labute approximate surface area is 158 Å². The Kier molecular flexibility index (Phi) is 6.88. The number of nitro groups is 2. The van der Waals surface area contributed by atoms with Crippen molar-refractivity contribution in [2.24, 2.45) is 0 Å². The van der Waals surface area contributed by atoms with Crippen molar-refractivity contribution >= 4 is 40.0 Å². The van der Waals surface area contributed by atoms with Gasteiger partial charge < -0.3 is 20.4 Å². The molecule has 27 heavy (non-hydrogen) atoms. The van der Waals surface area contributed by atoms with Gasteiger partial charge in [0.1, 0.15) is 10.7 Å². The van der Waals surface area contributed by atoms with E-state index < -0.39 is 21.2 Å². The Hall–Kier alpha value is -2.95. The van der Waals surface area contributed by atoms with Gasteiger partial charge in [0.15, 0.2) is 0 Å². The molecule has 0 amide bonds. The van der Waals surface area contributed by atoms with Crippen LogP contribution in [0.2, 0.25) is 5.02 Å². The van der Waals surface area contributed by atoms with E-state index in [0.717, 1.165) is 17.8 Å². The standard InChI is InChI=1S/C16H17ClN4O6/c17-13-9-14(16(21(26)27)10-15(13)20(24)25)18-11-1-3-12(4-2-11)19(5-7-22)6-8-23/h1-4,9-10,18,22-23H,5-8H2. The molecule has 0 unspecified atom stereocenters. The third kappa shape index (κ3) is 5.03. The second-order valence-corrected chi connectivity index (χ2v) is 5.85. The molecule has 2 aromatic rings. The summed E-state index contributed by atoms with van der Waals surface area (Å²) in [5.41, 5.74) is 0.246. The minimum atomic E-state index is -0.787. The first-order valence-corrected chi connectivity index (χ1v) is 8.21. The van der Waals surface area contributed by atoms with Crippen LogP contribution in [0.4, 0.5) is 28.4 Å². The van der Waals surface area contributed by atoms with E-state index in [4.69, 9.17) is 21.8 Å². The first-order valence-electron chi connectivity index (χ1n) is 7.83. The number of hydrogen-bond acceptors (Lipinski definition) is 8. The van der Waals surface area contributed by atoms with E-state index >= 15 is 0 Å². The van der Waals surface area contributed by atoms with Crippen molar-refractivity contribution in [3.63, 3.8) is 0 Å². The maximum atomic E-state index is 11.2. The summed E-state index contributed by atoms with van der Waals surface area (Å²) < 4.78 is 0. The molecule has 0 heterocycles. The van der Waals surface area contributed by atoms with Gasteiger partial charge in [0.25, 0.3) is 11.4 Å². The first-order chi connectivity index (χ1) is 12.9. The third-order valence-corrected chi connectivity index (χ3v) is 4.01. The van der Waals surface area contributed by atoms with Gasteiger partial charge in [0.05, 0.1) is 29.1 Å². The van der Waals surface area contributed by atoms with Gasteiger partial charge in [-0.05, 0) is 30.3 Å². The molecule has 0 atom stereocenters. The number of hydrogen-bond donors (Lipinski definition) is 3. The monoisotopic (exact) mass is 396 g/mol. The Bertz CT molecular complexity index is 824. The molecular weight excluding hydrogens is 380 g/mol. The van der Waals surface area contributed by atoms with Gasteiger partial charge in [-0.3, -0.25) is 20.2 Å². The molecule has 0 radical (unpaired) electrons. The molecule has 10 nitrogen and oxygen atoms in total. The molecule has 11 heteroatoms. The predicted molar refractivity (Wildman–Crippen MR) is 101 cm³/mol. The fourth-order valence-electron chi connectivity index (χ4n) is 2.46. The second-order valence-electron chi connectivity index (χ2n) is 5.44. The average Bonchev–Trinajstić information content (AvgIpc) is 2.61. The number of aliphatic hydroxyl groups is 2. The number of nitro benzene ring substituents is 2. The van der Waals surface area contributed by atoms with Crippen LogP contribution in [0.5, 0.6) is 0 Å². The Morgan fingerprint density at radius 3 is 2.00 bits per heavy atom. The van der Waals surface area contributed by atoms with Gasteiger partial charge in [-0.25, -0.2) is 0 Å². The van der Waals surface area contributed by atoms with Crippen molar-refractivity contribution in [2.75, 3.05) is 36.5 Å². The lowest BCUT2D eigenvalue weighted by atomic mass is 10.2. The highest BCUT2D eigenvalue weighted by Gasteiger charge is 2.23. The minimum Gasteiger partial charge on any atom is -0.395 e. The molecule has 3 N–H and O–H groups in total. The SMILES string of the molecule is O=[N+]([O-])c1cc([N+](=O)[O-])c(Nc2ccc(N(CCO)CCO)cc2)cc1Cl. The van der Waals surface area contributed by atoms with Crippen LogP contribution in [-0.4, -0.2) is 46.4 Å². The topological polar surface area (TPSA) is 142 Å². The van der Waals surface area contributed by atoms with E-state index in [0.29, 0.717) is 18.8 Å². The van der Waals surface area contributed by atoms with Crippen molar-refractivity contribution in [1.29, 1.82) is 0 Å². The Balaban J connectivity index is 2.30. The van der Waals surface area contributed by atoms with Gasteiger partial charge in [-0.15, -0.1) is 0 Å². The number of nitrogens with zero attached hydrogens (tertiary/aromatic N) is 3. The Morgan fingerprint density at radius 1 is 0.963 bits per heavy atom. The summed E-state index contributed by atoms with van der Waals surface area (Å²) >= 11 is 5.85. The molecule has 0 bridgehead atoms. The van der Waals surface area contributed by atoms with Crippen molar-refractivity contribution in [3.05, 3.63) is 61.6 Å². The van der Waals surface area contributed by atoms with E-state index in [1.54, 1.807) is 29.2 Å². The summed E-state index contributed by atoms with van der Waals surface area (Å²) in [6.07, 6.45) is 0. The van der Waals surface area contributed by atoms with Gasteiger partial charge in [0, 0.05) is 24.5 Å². The summed E-state index contributed by atoms with van der Waals surface area (Å²) in [7, 11) is 0. The zero-order valence-corrected chi connectivity index (χ0v) is 14.8. The van der Waals surface area contributed by atoms with Gasteiger partial charge in [-0.1, -0.05) is 11.6 Å². The molecule has 2 rings (SSSR count). The van der Waals surface area contributed by atoms with Crippen LogP contribution >= 0.6 is 11.6 Å². The van der Waals surface area contributed by atoms with Crippen LogP contribution in [0.3, 0.4) is 0 Å². The molecule has 0 aliphatic carbocycles. The third-order valence-electron chi connectivity index (χ3n) is 3.71. The molecular formula is C16H17ClN4O6. The largest absolute Gasteiger partial charge is 0.395 e. The van der Waals surface area contributed by atoms with E-state index in [2.05, 4.69) is 5.32 Å². The summed E-state index contributed by atoms with van der Waals surface area (Å²) in [5, 5.41) is 42.9. The lowest BCUT2D eigenvalue weighted by Gasteiger charge is -2.23. The number of rotatable bonds is 9. The second kappa shape index (κ2) is 9.12. The van der Waals surface area contributed by atoms with Crippen LogP contribution in [0, 0.1) is 20.2 Å². The van der Waals surface area contributed by atoms with Gasteiger partial charge in [-0.2, -0.15) is 0 Å². The highest BCUT2D eigenvalue weighted by molar-refractivity contribution is 6.33. The minimum absolute atomic E-state index is 0.0194. The highest BCUT2D eigenvalue weighted by Crippen LogP contribution is 2.37. The number of nitrogens with one attached hydrogen (secondary N) is 1. The summed E-state index contributed by atoms with van der Waals surface area (Å²) in [6.45, 7) is 0.536.